The fourth-order valence-electron chi connectivity index (χ4n) is 3.43. The number of carboxylic acids is 1. The van der Waals surface area contributed by atoms with Crippen LogP contribution in [0, 0.1) is 5.92 Å². The van der Waals surface area contributed by atoms with Crippen molar-refractivity contribution in [1.82, 2.24) is 5.32 Å². The summed E-state index contributed by atoms with van der Waals surface area (Å²) < 4.78 is 0. The maximum Gasteiger partial charge on any atom is 0.308 e. The van der Waals surface area contributed by atoms with Crippen molar-refractivity contribution in [3.8, 4) is 0 Å². The Hall–Kier alpha value is -2.02. The third-order valence-corrected chi connectivity index (χ3v) is 5.85. The smallest absolute Gasteiger partial charge is 0.308 e. The molecule has 1 aromatic carbocycles. The second-order valence-electron chi connectivity index (χ2n) is 6.56. The molecule has 1 heterocycles. The van der Waals surface area contributed by atoms with Crippen molar-refractivity contribution in [2.24, 2.45) is 5.92 Å². The molecule has 1 aliphatic heterocycles. The van der Waals surface area contributed by atoms with Gasteiger partial charge in [0.1, 0.15) is 0 Å². The van der Waals surface area contributed by atoms with Gasteiger partial charge in [0, 0.05) is 16.5 Å². The van der Waals surface area contributed by atoms with Crippen LogP contribution in [0.5, 0.6) is 0 Å². The Morgan fingerprint density at radius 1 is 1.16 bits per heavy atom. The maximum absolute atomic E-state index is 12.6. The monoisotopic (exact) mass is 362 g/mol. The summed E-state index contributed by atoms with van der Waals surface area (Å²) in [7, 11) is 0. The highest BCUT2D eigenvalue weighted by atomic mass is 32.2. The Labute approximate surface area is 150 Å². The lowest BCUT2D eigenvalue weighted by atomic mass is 9.86. The van der Waals surface area contributed by atoms with E-state index >= 15 is 0 Å². The normalized spacial score (nSPS) is 23.6. The van der Waals surface area contributed by atoms with E-state index in [1.165, 1.54) is 11.8 Å². The molecule has 0 spiro atoms. The molecule has 3 rings (SSSR count). The van der Waals surface area contributed by atoms with Gasteiger partial charge in [0.05, 0.1) is 17.4 Å². The Balaban J connectivity index is 1.74. The highest BCUT2D eigenvalue weighted by Crippen LogP contribution is 2.32. The molecule has 0 bridgehead atoms. The number of rotatable bonds is 3. The second kappa shape index (κ2) is 7.91. The fraction of sp³-hybridized carbons (Fsp3) is 0.500. The van der Waals surface area contributed by atoms with E-state index in [0.717, 1.165) is 30.6 Å². The number of carboxylic acid groups (broad SMARTS) is 1. The SMILES string of the molecule is O=C1CSc2ccc(C(=O)NC3CCCCCCC3C(=O)O)cc2N1. The van der Waals surface area contributed by atoms with Crippen LogP contribution < -0.4 is 10.6 Å². The summed E-state index contributed by atoms with van der Waals surface area (Å²) in [5, 5.41) is 15.2. The number of amides is 2. The minimum absolute atomic E-state index is 0.0824. The maximum atomic E-state index is 12.6. The highest BCUT2D eigenvalue weighted by molar-refractivity contribution is 8.00. The summed E-state index contributed by atoms with van der Waals surface area (Å²) in [5.74, 6) is -1.38. The van der Waals surface area contributed by atoms with Crippen molar-refractivity contribution in [2.45, 2.75) is 49.5 Å². The number of carbonyl (C=O) groups is 3. The third kappa shape index (κ3) is 4.34. The van der Waals surface area contributed by atoms with Gasteiger partial charge < -0.3 is 15.7 Å². The highest BCUT2D eigenvalue weighted by Gasteiger charge is 2.30. The molecule has 1 aromatic rings. The lowest BCUT2D eigenvalue weighted by Gasteiger charge is -2.27. The van der Waals surface area contributed by atoms with Gasteiger partial charge in [-0.3, -0.25) is 14.4 Å². The van der Waals surface area contributed by atoms with Crippen LogP contribution in [-0.4, -0.2) is 34.7 Å². The molecule has 2 unspecified atom stereocenters. The Morgan fingerprint density at radius 3 is 2.68 bits per heavy atom. The van der Waals surface area contributed by atoms with E-state index in [4.69, 9.17) is 0 Å². The molecule has 1 fully saturated rings. The van der Waals surface area contributed by atoms with Crippen LogP contribution in [0.3, 0.4) is 0 Å². The summed E-state index contributed by atoms with van der Waals surface area (Å²) in [6.45, 7) is 0. The van der Waals surface area contributed by atoms with Crippen LogP contribution in [0.1, 0.15) is 48.9 Å². The van der Waals surface area contributed by atoms with Crippen LogP contribution in [0.15, 0.2) is 23.1 Å². The van der Waals surface area contributed by atoms with Gasteiger partial charge in [0.15, 0.2) is 0 Å². The number of benzene rings is 1. The van der Waals surface area contributed by atoms with Gasteiger partial charge in [-0.05, 0) is 31.0 Å². The molecule has 1 saturated carbocycles. The van der Waals surface area contributed by atoms with E-state index in [9.17, 15) is 19.5 Å². The zero-order valence-corrected chi connectivity index (χ0v) is 14.7. The molecule has 25 heavy (non-hydrogen) atoms. The topological polar surface area (TPSA) is 95.5 Å². The molecule has 6 nitrogen and oxygen atoms in total. The molecule has 0 aromatic heterocycles. The molecule has 2 amide bonds. The molecular weight excluding hydrogens is 340 g/mol. The average molecular weight is 362 g/mol. The van der Waals surface area contributed by atoms with Crippen molar-refractivity contribution in [3.05, 3.63) is 23.8 Å². The van der Waals surface area contributed by atoms with Gasteiger partial charge in [-0.25, -0.2) is 0 Å². The Bertz CT molecular complexity index is 692. The lowest BCUT2D eigenvalue weighted by molar-refractivity contribution is -0.143. The van der Waals surface area contributed by atoms with Crippen LogP contribution in [0.25, 0.3) is 0 Å². The number of aliphatic carboxylic acids is 1. The molecule has 3 N–H and O–H groups in total. The Kier molecular flexibility index (Phi) is 5.63. The van der Waals surface area contributed by atoms with Crippen molar-refractivity contribution < 1.29 is 19.5 Å². The number of nitrogens with one attached hydrogen (secondary N) is 2. The average Bonchev–Trinajstić information content (AvgIpc) is 2.56. The van der Waals surface area contributed by atoms with E-state index in [-0.39, 0.29) is 17.9 Å². The van der Waals surface area contributed by atoms with Gasteiger partial charge in [-0.15, -0.1) is 11.8 Å². The van der Waals surface area contributed by atoms with E-state index in [1.807, 2.05) is 6.07 Å². The summed E-state index contributed by atoms with van der Waals surface area (Å²) in [6, 6.07) is 4.84. The largest absolute Gasteiger partial charge is 0.481 e. The molecular formula is C18H22N2O4S. The number of thioether (sulfide) groups is 1. The predicted octanol–water partition coefficient (Wildman–Crippen LogP) is 2.88. The van der Waals surface area contributed by atoms with Gasteiger partial charge in [0.25, 0.3) is 5.91 Å². The minimum atomic E-state index is -0.846. The van der Waals surface area contributed by atoms with Gasteiger partial charge >= 0.3 is 5.97 Å². The zero-order chi connectivity index (χ0) is 17.8. The summed E-state index contributed by atoms with van der Waals surface area (Å²) in [5.41, 5.74) is 1.08. The third-order valence-electron chi connectivity index (χ3n) is 4.77. The number of fused-ring (bicyclic) bond motifs is 1. The van der Waals surface area contributed by atoms with E-state index in [0.29, 0.717) is 29.8 Å². The summed E-state index contributed by atoms with van der Waals surface area (Å²) in [6.07, 6.45) is 5.20. The van der Waals surface area contributed by atoms with Crippen LogP contribution in [0.4, 0.5) is 5.69 Å². The van der Waals surface area contributed by atoms with Crippen molar-refractivity contribution in [2.75, 3.05) is 11.1 Å². The zero-order valence-electron chi connectivity index (χ0n) is 13.9. The van der Waals surface area contributed by atoms with Gasteiger partial charge in [0.2, 0.25) is 5.91 Å². The fourth-order valence-corrected chi connectivity index (χ4v) is 4.22. The molecule has 2 aliphatic rings. The summed E-state index contributed by atoms with van der Waals surface area (Å²) >= 11 is 1.44. The molecule has 1 aliphatic carbocycles. The molecule has 134 valence electrons. The molecule has 0 saturated heterocycles. The molecule has 0 radical (unpaired) electrons. The molecule has 7 heteroatoms. The van der Waals surface area contributed by atoms with Crippen LogP contribution in [0.2, 0.25) is 0 Å². The molecule has 2 atom stereocenters. The Morgan fingerprint density at radius 2 is 1.92 bits per heavy atom. The van der Waals surface area contributed by atoms with Gasteiger partial charge in [-0.1, -0.05) is 25.7 Å². The first kappa shape index (κ1) is 17.8. The number of hydrogen-bond donors (Lipinski definition) is 3. The first-order chi connectivity index (χ1) is 12.0. The number of anilines is 1. The lowest BCUT2D eigenvalue weighted by Crippen LogP contribution is -2.44. The first-order valence-corrected chi connectivity index (χ1v) is 9.63. The van der Waals surface area contributed by atoms with Crippen LogP contribution >= 0.6 is 11.8 Å². The second-order valence-corrected chi connectivity index (χ2v) is 7.58. The van der Waals surface area contributed by atoms with Crippen molar-refractivity contribution in [1.29, 1.82) is 0 Å². The number of hydrogen-bond acceptors (Lipinski definition) is 4. The van der Waals surface area contributed by atoms with Gasteiger partial charge in [-0.2, -0.15) is 0 Å². The van der Waals surface area contributed by atoms with E-state index in [2.05, 4.69) is 10.6 Å². The van der Waals surface area contributed by atoms with Crippen molar-refractivity contribution in [3.63, 3.8) is 0 Å². The predicted molar refractivity (Wildman–Crippen MR) is 95.9 cm³/mol. The standard InChI is InChI=1S/C18H22N2O4S/c21-16-10-25-15-8-7-11(9-14(15)19-16)17(22)20-13-6-4-2-1-3-5-12(13)18(23)24/h7-9,12-13H,1-6,10H2,(H,19,21)(H,20,22)(H,23,24). The quantitative estimate of drug-likeness (QED) is 0.768. The van der Waals surface area contributed by atoms with E-state index < -0.39 is 11.9 Å². The first-order valence-electron chi connectivity index (χ1n) is 8.65. The minimum Gasteiger partial charge on any atom is -0.481 e. The van der Waals surface area contributed by atoms with Crippen molar-refractivity contribution >= 4 is 35.2 Å². The van der Waals surface area contributed by atoms with Crippen LogP contribution in [-0.2, 0) is 9.59 Å². The van der Waals surface area contributed by atoms with E-state index in [1.54, 1.807) is 12.1 Å². The number of carbonyl (C=O) groups excluding carboxylic acids is 2. The summed E-state index contributed by atoms with van der Waals surface area (Å²) in [4.78, 5) is 36.6.